The van der Waals surface area contributed by atoms with Crippen LogP contribution in [0.15, 0.2) is 42.5 Å². The number of rotatable bonds is 5. The van der Waals surface area contributed by atoms with Gasteiger partial charge in [0, 0.05) is 11.4 Å². The molecule has 0 atom stereocenters. The maximum Gasteiger partial charge on any atom is 0.236 e. The maximum absolute atomic E-state index is 12.3. The van der Waals surface area contributed by atoms with E-state index in [1.807, 2.05) is 6.92 Å². The lowest BCUT2D eigenvalue weighted by Gasteiger charge is -2.08. The van der Waals surface area contributed by atoms with Gasteiger partial charge < -0.3 is 4.98 Å². The van der Waals surface area contributed by atoms with Gasteiger partial charge >= 0.3 is 0 Å². The lowest BCUT2D eigenvalue weighted by atomic mass is 10.2. The molecule has 3 rings (SSSR count). The molecule has 5 nitrogen and oxygen atoms in total. The molecule has 0 unspecified atom stereocenters. The van der Waals surface area contributed by atoms with Crippen LogP contribution in [0.4, 0.5) is 5.69 Å². The van der Waals surface area contributed by atoms with E-state index in [0.29, 0.717) is 16.3 Å². The highest BCUT2D eigenvalue weighted by Gasteiger charge is 2.12. The van der Waals surface area contributed by atoms with Crippen LogP contribution < -0.4 is 4.72 Å². The summed E-state index contributed by atoms with van der Waals surface area (Å²) in [6.07, 6.45) is 0.798. The standard InChI is InChI=1S/C16H16ClN3O2S/c1-2-16-18-14-8-7-13(9-15(14)19-16)20-23(21,22)10-11-3-5-12(17)6-4-11/h3-9,20H,2,10H2,1H3,(H,18,19). The molecule has 2 aromatic carbocycles. The largest absolute Gasteiger partial charge is 0.342 e. The number of fused-ring (bicyclic) bond motifs is 1. The van der Waals surface area contributed by atoms with Crippen LogP contribution in [0.2, 0.25) is 5.02 Å². The number of sulfonamides is 1. The molecule has 1 heterocycles. The SMILES string of the molecule is CCc1nc2ccc(NS(=O)(=O)Cc3ccc(Cl)cc3)cc2[nH]1. The minimum atomic E-state index is -3.50. The fourth-order valence-electron chi connectivity index (χ4n) is 2.31. The molecule has 0 amide bonds. The van der Waals surface area contributed by atoms with E-state index in [1.165, 1.54) is 0 Å². The number of nitrogens with zero attached hydrogens (tertiary/aromatic N) is 1. The van der Waals surface area contributed by atoms with Crippen LogP contribution in [-0.4, -0.2) is 18.4 Å². The van der Waals surface area contributed by atoms with Crippen molar-refractivity contribution in [2.45, 2.75) is 19.1 Å². The van der Waals surface area contributed by atoms with Crippen molar-refractivity contribution in [3.8, 4) is 0 Å². The second-order valence-electron chi connectivity index (χ2n) is 5.26. The van der Waals surface area contributed by atoms with Crippen molar-refractivity contribution in [1.29, 1.82) is 0 Å². The van der Waals surface area contributed by atoms with Crippen LogP contribution in [0, 0.1) is 0 Å². The summed E-state index contributed by atoms with van der Waals surface area (Å²) in [6.45, 7) is 2.01. The Bertz CT molecular complexity index is 934. The Morgan fingerprint density at radius 1 is 1.17 bits per heavy atom. The molecule has 0 fully saturated rings. The number of imidazole rings is 1. The Morgan fingerprint density at radius 3 is 2.61 bits per heavy atom. The number of anilines is 1. The summed E-state index contributed by atoms with van der Waals surface area (Å²) < 4.78 is 27.2. The second kappa shape index (κ2) is 6.22. The van der Waals surface area contributed by atoms with Crippen LogP contribution in [0.1, 0.15) is 18.3 Å². The monoisotopic (exact) mass is 349 g/mol. The van der Waals surface area contributed by atoms with Gasteiger partial charge in [0.05, 0.1) is 22.5 Å². The van der Waals surface area contributed by atoms with Crippen molar-refractivity contribution in [1.82, 2.24) is 9.97 Å². The Hall–Kier alpha value is -2.05. The first kappa shape index (κ1) is 15.8. The van der Waals surface area contributed by atoms with Gasteiger partial charge in [0.15, 0.2) is 0 Å². The van der Waals surface area contributed by atoms with E-state index in [2.05, 4.69) is 14.7 Å². The molecule has 0 saturated heterocycles. The zero-order valence-electron chi connectivity index (χ0n) is 12.5. The fraction of sp³-hybridized carbons (Fsp3) is 0.188. The third kappa shape index (κ3) is 3.83. The van der Waals surface area contributed by atoms with Gasteiger partial charge in [0.1, 0.15) is 5.82 Å². The molecule has 1 aromatic heterocycles. The van der Waals surface area contributed by atoms with E-state index in [1.54, 1.807) is 42.5 Å². The molecule has 120 valence electrons. The average Bonchev–Trinajstić information content (AvgIpc) is 2.91. The summed E-state index contributed by atoms with van der Waals surface area (Å²) in [5.74, 6) is 0.770. The summed E-state index contributed by atoms with van der Waals surface area (Å²) in [5.41, 5.74) is 2.83. The third-order valence-electron chi connectivity index (χ3n) is 3.41. The minimum absolute atomic E-state index is 0.106. The van der Waals surface area contributed by atoms with E-state index in [9.17, 15) is 8.42 Å². The molecule has 0 aliphatic rings. The van der Waals surface area contributed by atoms with Crippen molar-refractivity contribution in [3.63, 3.8) is 0 Å². The molecule has 0 bridgehead atoms. The number of benzene rings is 2. The van der Waals surface area contributed by atoms with Crippen molar-refractivity contribution < 1.29 is 8.42 Å². The highest BCUT2D eigenvalue weighted by atomic mass is 35.5. The number of aryl methyl sites for hydroxylation is 1. The number of H-pyrrole nitrogens is 1. The molecular formula is C16H16ClN3O2S. The van der Waals surface area contributed by atoms with Gasteiger partial charge in [0.2, 0.25) is 10.0 Å². The summed E-state index contributed by atoms with van der Waals surface area (Å²) >= 11 is 5.81. The molecular weight excluding hydrogens is 334 g/mol. The summed E-state index contributed by atoms with van der Waals surface area (Å²) in [6, 6.07) is 12.0. The van der Waals surface area contributed by atoms with Gasteiger partial charge in [-0.05, 0) is 35.9 Å². The van der Waals surface area contributed by atoms with Crippen LogP contribution in [0.25, 0.3) is 11.0 Å². The fourth-order valence-corrected chi connectivity index (χ4v) is 3.62. The maximum atomic E-state index is 12.3. The number of nitrogens with one attached hydrogen (secondary N) is 2. The molecule has 0 aliphatic heterocycles. The molecule has 7 heteroatoms. The van der Waals surface area contributed by atoms with Gasteiger partial charge in [-0.1, -0.05) is 30.7 Å². The topological polar surface area (TPSA) is 74.8 Å². The number of aromatic amines is 1. The normalized spacial score (nSPS) is 11.7. The quantitative estimate of drug-likeness (QED) is 0.737. The van der Waals surface area contributed by atoms with Gasteiger partial charge in [-0.15, -0.1) is 0 Å². The van der Waals surface area contributed by atoms with Crippen LogP contribution in [0.5, 0.6) is 0 Å². The summed E-state index contributed by atoms with van der Waals surface area (Å²) in [5, 5.41) is 0.579. The molecule has 3 aromatic rings. The smallest absolute Gasteiger partial charge is 0.236 e. The van der Waals surface area contributed by atoms with Crippen LogP contribution in [0.3, 0.4) is 0 Å². The molecule has 0 saturated carbocycles. The lowest BCUT2D eigenvalue weighted by Crippen LogP contribution is -2.15. The molecule has 0 radical (unpaired) electrons. The summed E-state index contributed by atoms with van der Waals surface area (Å²) in [7, 11) is -3.50. The average molecular weight is 350 g/mol. The number of halogens is 1. The Labute approximate surface area is 139 Å². The first-order valence-corrected chi connectivity index (χ1v) is 9.22. The Balaban J connectivity index is 1.80. The lowest BCUT2D eigenvalue weighted by molar-refractivity contribution is 0.600. The molecule has 0 spiro atoms. The van der Waals surface area contributed by atoms with Crippen molar-refractivity contribution in [3.05, 3.63) is 58.9 Å². The zero-order valence-corrected chi connectivity index (χ0v) is 14.1. The van der Waals surface area contributed by atoms with Crippen molar-refractivity contribution in [2.75, 3.05) is 4.72 Å². The predicted octanol–water partition coefficient (Wildman–Crippen LogP) is 3.72. The Kier molecular flexibility index (Phi) is 4.28. The van der Waals surface area contributed by atoms with Crippen molar-refractivity contribution in [2.24, 2.45) is 0 Å². The first-order chi connectivity index (χ1) is 10.9. The zero-order chi connectivity index (χ0) is 16.4. The number of hydrogen-bond donors (Lipinski definition) is 2. The van der Waals surface area contributed by atoms with E-state index in [4.69, 9.17) is 11.6 Å². The van der Waals surface area contributed by atoms with Crippen LogP contribution in [-0.2, 0) is 22.2 Å². The van der Waals surface area contributed by atoms with Gasteiger partial charge in [-0.2, -0.15) is 0 Å². The van der Waals surface area contributed by atoms with Gasteiger partial charge in [-0.3, -0.25) is 4.72 Å². The predicted molar refractivity (Wildman–Crippen MR) is 93.2 cm³/mol. The van der Waals surface area contributed by atoms with E-state index >= 15 is 0 Å². The van der Waals surface area contributed by atoms with Gasteiger partial charge in [-0.25, -0.2) is 13.4 Å². The van der Waals surface area contributed by atoms with Crippen molar-refractivity contribution >= 4 is 38.3 Å². The van der Waals surface area contributed by atoms with Crippen LogP contribution >= 0.6 is 11.6 Å². The van der Waals surface area contributed by atoms with E-state index in [0.717, 1.165) is 23.3 Å². The Morgan fingerprint density at radius 2 is 1.91 bits per heavy atom. The molecule has 2 N–H and O–H groups in total. The second-order valence-corrected chi connectivity index (χ2v) is 7.42. The minimum Gasteiger partial charge on any atom is -0.342 e. The van der Waals surface area contributed by atoms with E-state index in [-0.39, 0.29) is 5.75 Å². The highest BCUT2D eigenvalue weighted by molar-refractivity contribution is 7.91. The third-order valence-corrected chi connectivity index (χ3v) is 4.92. The van der Waals surface area contributed by atoms with E-state index < -0.39 is 10.0 Å². The molecule has 0 aliphatic carbocycles. The number of aromatic nitrogens is 2. The summed E-state index contributed by atoms with van der Waals surface area (Å²) in [4.78, 5) is 7.57. The highest BCUT2D eigenvalue weighted by Crippen LogP contribution is 2.20. The molecule has 23 heavy (non-hydrogen) atoms. The van der Waals surface area contributed by atoms with Gasteiger partial charge in [0.25, 0.3) is 0 Å². The number of hydrogen-bond acceptors (Lipinski definition) is 3. The first-order valence-electron chi connectivity index (χ1n) is 7.19.